The van der Waals surface area contributed by atoms with Gasteiger partial charge in [0.1, 0.15) is 24.5 Å². The molecule has 2 aliphatic heterocycles. The van der Waals surface area contributed by atoms with Crippen LogP contribution < -0.4 is 0 Å². The van der Waals surface area contributed by atoms with Gasteiger partial charge >= 0.3 is 0 Å². The van der Waals surface area contributed by atoms with Crippen molar-refractivity contribution in [2.45, 2.75) is 52.0 Å². The predicted molar refractivity (Wildman–Crippen MR) is 120 cm³/mol. The zero-order valence-corrected chi connectivity index (χ0v) is 18.3. The van der Waals surface area contributed by atoms with Crippen molar-refractivity contribution >= 4 is 18.5 Å². The number of hydrogen-bond donors (Lipinski definition) is 2. The number of aliphatic hydroxyl groups is 1. The topological polar surface area (TPSA) is 93.9 Å². The summed E-state index contributed by atoms with van der Waals surface area (Å²) in [7, 11) is 0. The van der Waals surface area contributed by atoms with Crippen molar-refractivity contribution in [3.63, 3.8) is 0 Å². The fourth-order valence-electron chi connectivity index (χ4n) is 4.13. The van der Waals surface area contributed by atoms with Crippen LogP contribution in [0, 0.1) is 12.7 Å². The summed E-state index contributed by atoms with van der Waals surface area (Å²) in [4.78, 5) is 22.0. The average Bonchev–Trinajstić information content (AvgIpc) is 3.25. The number of rotatable bonds is 4. The molecule has 2 N–H and O–H groups in total. The molecule has 3 heterocycles. The minimum absolute atomic E-state index is 0.163. The van der Waals surface area contributed by atoms with Gasteiger partial charge in [0.15, 0.2) is 0 Å². The molecule has 0 radical (unpaired) electrons. The molecule has 0 aliphatic carbocycles. The monoisotopic (exact) mass is 427 g/mol. The Labute approximate surface area is 182 Å². The molecule has 1 saturated heterocycles. The van der Waals surface area contributed by atoms with Crippen molar-refractivity contribution in [1.82, 2.24) is 15.1 Å². The molecule has 0 spiro atoms. The lowest BCUT2D eigenvalue weighted by Crippen LogP contribution is -2.39. The van der Waals surface area contributed by atoms with E-state index in [1.54, 1.807) is 11.0 Å². The van der Waals surface area contributed by atoms with Gasteiger partial charge in [-0.2, -0.15) is 5.10 Å². The Morgan fingerprint density at radius 3 is 2.65 bits per heavy atom. The number of nitrogens with one attached hydrogen (secondary N) is 1. The molecule has 0 bridgehead atoms. The van der Waals surface area contributed by atoms with Crippen molar-refractivity contribution in [1.29, 1.82) is 0 Å². The van der Waals surface area contributed by atoms with Crippen LogP contribution >= 0.6 is 0 Å². The molecule has 1 amide bonds. The van der Waals surface area contributed by atoms with Gasteiger partial charge < -0.3 is 10.0 Å². The number of halogens is 1. The number of benzene rings is 1. The Morgan fingerprint density at radius 1 is 1.29 bits per heavy atom. The molecular formula is C23H30FN5O2. The van der Waals surface area contributed by atoms with Crippen LogP contribution in [0.2, 0.25) is 0 Å². The second-order valence-electron chi connectivity index (χ2n) is 7.54. The molecule has 7 nitrogen and oxygen atoms in total. The highest BCUT2D eigenvalue weighted by molar-refractivity contribution is 5.78. The van der Waals surface area contributed by atoms with E-state index in [2.05, 4.69) is 20.2 Å². The third-order valence-corrected chi connectivity index (χ3v) is 5.68. The molecule has 1 fully saturated rings. The third-order valence-electron chi connectivity index (χ3n) is 5.68. The van der Waals surface area contributed by atoms with Crippen molar-refractivity contribution < 1.29 is 14.3 Å². The lowest BCUT2D eigenvalue weighted by atomic mass is 9.86. The van der Waals surface area contributed by atoms with Gasteiger partial charge in [0.25, 0.3) is 0 Å². The van der Waals surface area contributed by atoms with E-state index in [1.807, 2.05) is 33.1 Å². The van der Waals surface area contributed by atoms with Crippen molar-refractivity contribution in [3.8, 4) is 11.3 Å². The number of piperidine rings is 1. The fraction of sp³-hybridized carbons (Fsp3) is 0.478. The maximum Gasteiger partial charge on any atom is 0.248 e. The normalized spacial score (nSPS) is 18.6. The first-order chi connectivity index (χ1) is 15.1. The molecule has 1 unspecified atom stereocenters. The Balaban J connectivity index is 0.00000132. The van der Waals surface area contributed by atoms with Gasteiger partial charge in [0.05, 0.1) is 6.04 Å². The first-order valence-electron chi connectivity index (χ1n) is 10.8. The number of carbonyl (C=O) groups excluding carboxylic acids is 1. The fourth-order valence-corrected chi connectivity index (χ4v) is 4.13. The summed E-state index contributed by atoms with van der Waals surface area (Å²) < 4.78 is 14.7. The van der Waals surface area contributed by atoms with Crippen LogP contribution in [0.4, 0.5) is 4.39 Å². The van der Waals surface area contributed by atoms with E-state index in [0.717, 1.165) is 29.7 Å². The first-order valence-corrected chi connectivity index (χ1v) is 10.8. The molecule has 0 saturated carbocycles. The Morgan fingerprint density at radius 2 is 2.03 bits per heavy atom. The Bertz CT molecular complexity index is 961. The quantitative estimate of drug-likeness (QED) is 0.777. The minimum Gasteiger partial charge on any atom is -0.387 e. The molecule has 2 aliphatic rings. The summed E-state index contributed by atoms with van der Waals surface area (Å²) >= 11 is 0. The van der Waals surface area contributed by atoms with E-state index >= 15 is 0 Å². The standard InChI is InChI=1S/C21H24FN5O2.C2H6/c1-13-2-3-15(16(22)10-13)21-19(17-4-7-23-12-24-17)20(25-26-21)14-5-8-27(9-6-14)18(29)11-28;1-2/h2-3,7,10,12,14,17,28H,4-6,8-9,11H2,1H3,(H,25,26);1-2H3. The van der Waals surface area contributed by atoms with Gasteiger partial charge in [0.2, 0.25) is 5.91 Å². The number of H-pyrrole nitrogens is 1. The number of hydrogen-bond acceptors (Lipinski definition) is 5. The highest BCUT2D eigenvalue weighted by Gasteiger charge is 2.31. The van der Waals surface area contributed by atoms with Crippen LogP contribution in [0.1, 0.15) is 61.9 Å². The van der Waals surface area contributed by atoms with Gasteiger partial charge in [-0.25, -0.2) is 9.38 Å². The minimum atomic E-state index is -0.465. The number of aryl methyl sites for hydroxylation is 1. The summed E-state index contributed by atoms with van der Waals surface area (Å²) in [6, 6.07) is 4.98. The second-order valence-corrected chi connectivity index (χ2v) is 7.54. The summed E-state index contributed by atoms with van der Waals surface area (Å²) in [5.41, 5.74) is 3.76. The number of aliphatic hydroxyl groups excluding tert-OH is 1. The van der Waals surface area contributed by atoms with Gasteiger partial charge in [-0.3, -0.25) is 14.9 Å². The van der Waals surface area contributed by atoms with Crippen LogP contribution in [0.25, 0.3) is 11.3 Å². The number of aromatic nitrogens is 2. The largest absolute Gasteiger partial charge is 0.387 e. The number of carbonyl (C=O) groups is 1. The summed E-state index contributed by atoms with van der Waals surface area (Å²) in [6.45, 7) is 6.54. The third kappa shape index (κ3) is 4.90. The molecule has 1 aromatic carbocycles. The number of nitrogens with zero attached hydrogens (tertiary/aromatic N) is 4. The van der Waals surface area contributed by atoms with E-state index in [4.69, 9.17) is 5.11 Å². The highest BCUT2D eigenvalue weighted by Crippen LogP contribution is 2.40. The van der Waals surface area contributed by atoms with Crippen LogP contribution in [0.15, 0.2) is 28.2 Å². The van der Waals surface area contributed by atoms with E-state index in [1.165, 1.54) is 12.4 Å². The van der Waals surface area contributed by atoms with Crippen LogP contribution in [0.3, 0.4) is 0 Å². The maximum absolute atomic E-state index is 14.7. The molecule has 1 aromatic heterocycles. The van der Waals surface area contributed by atoms with Crippen molar-refractivity contribution in [2.24, 2.45) is 9.98 Å². The van der Waals surface area contributed by atoms with Gasteiger partial charge in [0, 0.05) is 48.5 Å². The first kappa shape index (κ1) is 22.8. The van der Waals surface area contributed by atoms with Crippen LogP contribution in [0.5, 0.6) is 0 Å². The van der Waals surface area contributed by atoms with E-state index in [0.29, 0.717) is 30.8 Å². The summed E-state index contributed by atoms with van der Waals surface area (Å²) in [5, 5.41) is 16.7. The number of aromatic amines is 1. The number of amides is 1. The zero-order valence-electron chi connectivity index (χ0n) is 18.3. The molecule has 1 atom stereocenters. The summed E-state index contributed by atoms with van der Waals surface area (Å²) in [5.74, 6) is -0.388. The SMILES string of the molecule is CC.Cc1ccc(-c2n[nH]c(C3CCN(C(=O)CO)CC3)c2C2CC=NC=N2)c(F)c1. The van der Waals surface area contributed by atoms with Gasteiger partial charge in [-0.05, 0) is 37.5 Å². The molecule has 8 heteroatoms. The zero-order chi connectivity index (χ0) is 22.4. The molecule has 2 aromatic rings. The van der Waals surface area contributed by atoms with E-state index in [9.17, 15) is 9.18 Å². The lowest BCUT2D eigenvalue weighted by Gasteiger charge is -2.32. The number of likely N-dealkylation sites (tertiary alicyclic amines) is 1. The van der Waals surface area contributed by atoms with Gasteiger partial charge in [-0.15, -0.1) is 0 Å². The smallest absolute Gasteiger partial charge is 0.248 e. The lowest BCUT2D eigenvalue weighted by molar-refractivity contribution is -0.135. The number of aliphatic imine (C=N–C) groups is 2. The summed E-state index contributed by atoms with van der Waals surface area (Å²) in [6.07, 6.45) is 5.48. The van der Waals surface area contributed by atoms with Crippen LogP contribution in [-0.2, 0) is 4.79 Å². The molecule has 31 heavy (non-hydrogen) atoms. The average molecular weight is 428 g/mol. The van der Waals surface area contributed by atoms with E-state index in [-0.39, 0.29) is 23.7 Å². The van der Waals surface area contributed by atoms with Gasteiger partial charge in [-0.1, -0.05) is 19.9 Å². The molecular weight excluding hydrogens is 397 g/mol. The Kier molecular flexibility index (Phi) is 7.68. The van der Waals surface area contributed by atoms with Crippen molar-refractivity contribution in [3.05, 3.63) is 40.8 Å². The van der Waals surface area contributed by atoms with Crippen molar-refractivity contribution in [2.75, 3.05) is 19.7 Å². The van der Waals surface area contributed by atoms with E-state index < -0.39 is 6.61 Å². The molecule has 4 rings (SSSR count). The Hall–Kier alpha value is -2.87. The highest BCUT2D eigenvalue weighted by atomic mass is 19.1. The molecule has 166 valence electrons. The predicted octanol–water partition coefficient (Wildman–Crippen LogP) is 3.79. The maximum atomic E-state index is 14.7. The van der Waals surface area contributed by atoms with Crippen LogP contribution in [-0.4, -0.2) is 58.4 Å². The second kappa shape index (κ2) is 10.4.